The summed E-state index contributed by atoms with van der Waals surface area (Å²) in [7, 11) is 0. The number of hydrogen-bond acceptors (Lipinski definition) is 2. The zero-order valence-electron chi connectivity index (χ0n) is 9.99. The molecule has 0 radical (unpaired) electrons. The molecular formula is C15H14N2S. The van der Waals surface area contributed by atoms with E-state index < -0.39 is 0 Å². The number of nitrogens with one attached hydrogen (secondary N) is 1. The van der Waals surface area contributed by atoms with Crippen molar-refractivity contribution in [3.63, 3.8) is 0 Å². The third kappa shape index (κ3) is 1.32. The normalized spacial score (nSPS) is 13.6. The van der Waals surface area contributed by atoms with Crippen LogP contribution < -0.4 is 5.73 Å². The third-order valence-corrected chi connectivity index (χ3v) is 4.96. The number of aromatic nitrogens is 1. The van der Waals surface area contributed by atoms with Crippen LogP contribution in [0.2, 0.25) is 0 Å². The van der Waals surface area contributed by atoms with Crippen molar-refractivity contribution in [1.29, 1.82) is 0 Å². The lowest BCUT2D eigenvalue weighted by Crippen LogP contribution is -1.98. The van der Waals surface area contributed by atoms with Gasteiger partial charge in [-0.1, -0.05) is 18.2 Å². The van der Waals surface area contributed by atoms with Crippen molar-refractivity contribution in [3.8, 4) is 11.3 Å². The largest absolute Gasteiger partial charge is 0.354 e. The molecule has 3 heteroatoms. The van der Waals surface area contributed by atoms with Crippen molar-refractivity contribution in [2.45, 2.75) is 19.4 Å². The van der Waals surface area contributed by atoms with E-state index in [1.54, 1.807) is 0 Å². The number of benzene rings is 1. The number of rotatable bonds is 1. The zero-order chi connectivity index (χ0) is 12.1. The van der Waals surface area contributed by atoms with E-state index in [2.05, 4.69) is 35.3 Å². The maximum absolute atomic E-state index is 5.76. The van der Waals surface area contributed by atoms with Crippen LogP contribution in [-0.2, 0) is 19.4 Å². The van der Waals surface area contributed by atoms with E-state index in [4.69, 9.17) is 5.73 Å². The lowest BCUT2D eigenvalue weighted by molar-refractivity contribution is 0.970. The molecular weight excluding hydrogens is 240 g/mol. The second-order valence-corrected chi connectivity index (χ2v) is 6.00. The van der Waals surface area contributed by atoms with Crippen LogP contribution in [0.3, 0.4) is 0 Å². The van der Waals surface area contributed by atoms with Crippen molar-refractivity contribution in [2.75, 3.05) is 0 Å². The molecule has 1 aromatic carbocycles. The van der Waals surface area contributed by atoms with E-state index in [0.29, 0.717) is 6.54 Å². The predicted molar refractivity (Wildman–Crippen MR) is 76.9 cm³/mol. The SMILES string of the molecule is NCc1cc2c(s1)CCc1c-2[nH]c2ccccc12. The summed E-state index contributed by atoms with van der Waals surface area (Å²) >= 11 is 1.86. The van der Waals surface area contributed by atoms with Gasteiger partial charge in [0.2, 0.25) is 0 Å². The van der Waals surface area contributed by atoms with E-state index >= 15 is 0 Å². The van der Waals surface area contributed by atoms with Crippen molar-refractivity contribution in [2.24, 2.45) is 5.73 Å². The number of aryl methyl sites for hydroxylation is 2. The molecule has 0 unspecified atom stereocenters. The first kappa shape index (κ1) is 10.4. The molecule has 1 aliphatic carbocycles. The van der Waals surface area contributed by atoms with Gasteiger partial charge in [-0.3, -0.25) is 0 Å². The molecule has 2 nitrogen and oxygen atoms in total. The van der Waals surface area contributed by atoms with Gasteiger partial charge < -0.3 is 10.7 Å². The molecule has 0 fully saturated rings. The third-order valence-electron chi connectivity index (χ3n) is 3.75. The minimum Gasteiger partial charge on any atom is -0.354 e. The van der Waals surface area contributed by atoms with E-state index in [1.807, 2.05) is 11.3 Å². The van der Waals surface area contributed by atoms with E-state index in [9.17, 15) is 0 Å². The van der Waals surface area contributed by atoms with Crippen molar-refractivity contribution in [3.05, 3.63) is 45.6 Å². The van der Waals surface area contributed by atoms with Gasteiger partial charge in [0, 0.05) is 32.8 Å². The second kappa shape index (κ2) is 3.70. The molecule has 0 bridgehead atoms. The molecule has 3 N–H and O–H groups in total. The zero-order valence-corrected chi connectivity index (χ0v) is 10.8. The van der Waals surface area contributed by atoms with Crippen LogP contribution in [0.1, 0.15) is 15.3 Å². The number of nitrogens with two attached hydrogens (primary N) is 1. The lowest BCUT2D eigenvalue weighted by Gasteiger charge is -2.11. The van der Waals surface area contributed by atoms with Gasteiger partial charge in [-0.05, 0) is 30.5 Å². The minimum atomic E-state index is 0.646. The summed E-state index contributed by atoms with van der Waals surface area (Å²) in [6, 6.07) is 10.8. The summed E-state index contributed by atoms with van der Waals surface area (Å²) in [4.78, 5) is 6.34. The average Bonchev–Trinajstić information content (AvgIpc) is 2.98. The van der Waals surface area contributed by atoms with Gasteiger partial charge in [0.05, 0.1) is 5.69 Å². The Morgan fingerprint density at radius 3 is 3.00 bits per heavy atom. The molecule has 2 heterocycles. The van der Waals surface area contributed by atoms with Gasteiger partial charge in [-0.25, -0.2) is 0 Å². The molecule has 1 aliphatic rings. The molecule has 0 spiro atoms. The van der Waals surface area contributed by atoms with Crippen LogP contribution >= 0.6 is 11.3 Å². The number of fused-ring (bicyclic) bond motifs is 5. The predicted octanol–water partition coefficient (Wildman–Crippen LogP) is 3.45. The number of para-hydroxylation sites is 1. The summed E-state index contributed by atoms with van der Waals surface area (Å²) in [6.07, 6.45) is 2.28. The van der Waals surface area contributed by atoms with Gasteiger partial charge in [0.1, 0.15) is 0 Å². The number of hydrogen-bond donors (Lipinski definition) is 2. The van der Waals surface area contributed by atoms with E-state index in [1.165, 1.54) is 37.5 Å². The number of aromatic amines is 1. The fraction of sp³-hybridized carbons (Fsp3) is 0.200. The van der Waals surface area contributed by atoms with Crippen LogP contribution in [0, 0.1) is 0 Å². The topological polar surface area (TPSA) is 41.8 Å². The quantitative estimate of drug-likeness (QED) is 0.686. The summed E-state index contributed by atoms with van der Waals surface area (Å²) < 4.78 is 0. The van der Waals surface area contributed by atoms with Gasteiger partial charge >= 0.3 is 0 Å². The summed E-state index contributed by atoms with van der Waals surface area (Å²) in [5.74, 6) is 0. The fourth-order valence-corrected chi connectivity index (χ4v) is 3.96. The maximum Gasteiger partial charge on any atom is 0.0508 e. The van der Waals surface area contributed by atoms with Crippen LogP contribution in [0.25, 0.3) is 22.2 Å². The molecule has 0 saturated heterocycles. The smallest absolute Gasteiger partial charge is 0.0508 e. The fourth-order valence-electron chi connectivity index (χ4n) is 2.91. The molecule has 2 aromatic heterocycles. The van der Waals surface area contributed by atoms with E-state index in [0.717, 1.165) is 12.8 Å². The molecule has 0 amide bonds. The molecule has 90 valence electrons. The lowest BCUT2D eigenvalue weighted by atomic mass is 9.95. The number of thiophene rings is 1. The first-order valence-electron chi connectivity index (χ1n) is 6.28. The van der Waals surface area contributed by atoms with Crippen LogP contribution in [0.4, 0.5) is 0 Å². The highest BCUT2D eigenvalue weighted by Crippen LogP contribution is 2.41. The highest BCUT2D eigenvalue weighted by atomic mass is 32.1. The Hall–Kier alpha value is -1.58. The van der Waals surface area contributed by atoms with E-state index in [-0.39, 0.29) is 0 Å². The highest BCUT2D eigenvalue weighted by Gasteiger charge is 2.22. The Morgan fingerprint density at radius 2 is 2.11 bits per heavy atom. The Balaban J connectivity index is 2.02. The van der Waals surface area contributed by atoms with Gasteiger partial charge in [-0.2, -0.15) is 0 Å². The Labute approximate surface area is 109 Å². The Bertz CT molecular complexity index is 736. The standard InChI is InChI=1S/C15H14N2S/c16-8-9-7-12-14(18-9)6-5-11-10-3-1-2-4-13(10)17-15(11)12/h1-4,7,17H,5-6,8,16H2. The summed E-state index contributed by atoms with van der Waals surface area (Å²) in [5.41, 5.74) is 11.2. The van der Waals surface area contributed by atoms with Gasteiger partial charge in [-0.15, -0.1) is 11.3 Å². The molecule has 18 heavy (non-hydrogen) atoms. The minimum absolute atomic E-state index is 0.646. The molecule has 0 atom stereocenters. The van der Waals surface area contributed by atoms with Gasteiger partial charge in [0.15, 0.2) is 0 Å². The van der Waals surface area contributed by atoms with Crippen LogP contribution in [0.5, 0.6) is 0 Å². The molecule has 4 rings (SSSR count). The highest BCUT2D eigenvalue weighted by molar-refractivity contribution is 7.12. The van der Waals surface area contributed by atoms with Crippen molar-refractivity contribution in [1.82, 2.24) is 4.98 Å². The maximum atomic E-state index is 5.76. The monoisotopic (exact) mass is 254 g/mol. The molecule has 3 aromatic rings. The summed E-state index contributed by atoms with van der Waals surface area (Å²) in [5, 5.41) is 1.37. The summed E-state index contributed by atoms with van der Waals surface area (Å²) in [6.45, 7) is 0.646. The van der Waals surface area contributed by atoms with Crippen LogP contribution in [0.15, 0.2) is 30.3 Å². The number of H-pyrrole nitrogens is 1. The van der Waals surface area contributed by atoms with Crippen molar-refractivity contribution < 1.29 is 0 Å². The first-order chi connectivity index (χ1) is 8.86. The van der Waals surface area contributed by atoms with Crippen molar-refractivity contribution >= 4 is 22.2 Å². The molecule has 0 saturated carbocycles. The van der Waals surface area contributed by atoms with Gasteiger partial charge in [0.25, 0.3) is 0 Å². The second-order valence-electron chi connectivity index (χ2n) is 4.78. The first-order valence-corrected chi connectivity index (χ1v) is 7.10. The molecule has 0 aliphatic heterocycles. The Kier molecular flexibility index (Phi) is 2.13. The van der Waals surface area contributed by atoms with Crippen LogP contribution in [-0.4, -0.2) is 4.98 Å². The Morgan fingerprint density at radius 1 is 1.22 bits per heavy atom. The average molecular weight is 254 g/mol.